The first-order valence-electron chi connectivity index (χ1n) is 8.74. The molecule has 0 radical (unpaired) electrons. The highest BCUT2D eigenvalue weighted by molar-refractivity contribution is 6.03. The maximum absolute atomic E-state index is 12.8. The van der Waals surface area contributed by atoms with Crippen molar-refractivity contribution in [3.05, 3.63) is 48.5 Å². The number of carboxylic acids is 1. The smallest absolute Gasteiger partial charge is 0.303 e. The van der Waals surface area contributed by atoms with E-state index in [0.29, 0.717) is 19.3 Å². The van der Waals surface area contributed by atoms with Crippen LogP contribution in [0, 0.1) is 0 Å². The molecule has 5 rings (SSSR count). The van der Waals surface area contributed by atoms with Crippen molar-refractivity contribution in [1.29, 1.82) is 0 Å². The van der Waals surface area contributed by atoms with Gasteiger partial charge in [-0.3, -0.25) is 19.1 Å². The Labute approximate surface area is 149 Å². The molecular formula is C20H17N3O3. The lowest BCUT2D eigenvalue weighted by atomic mass is 9.94. The Bertz CT molecular complexity index is 1070. The van der Waals surface area contributed by atoms with E-state index in [-0.39, 0.29) is 12.3 Å². The summed E-state index contributed by atoms with van der Waals surface area (Å²) in [5.41, 5.74) is 2.80. The Morgan fingerprint density at radius 2 is 1.92 bits per heavy atom. The topological polar surface area (TPSA) is 75.4 Å². The first kappa shape index (κ1) is 15.1. The molecule has 6 nitrogen and oxygen atoms in total. The van der Waals surface area contributed by atoms with Gasteiger partial charge in [0.1, 0.15) is 11.5 Å². The largest absolute Gasteiger partial charge is 0.481 e. The fourth-order valence-corrected chi connectivity index (χ4v) is 4.47. The van der Waals surface area contributed by atoms with Crippen LogP contribution in [0.5, 0.6) is 0 Å². The van der Waals surface area contributed by atoms with E-state index in [9.17, 15) is 14.7 Å². The third-order valence-electron chi connectivity index (χ3n) is 5.51. The van der Waals surface area contributed by atoms with Crippen LogP contribution in [0.2, 0.25) is 0 Å². The second-order valence-corrected chi connectivity index (χ2v) is 6.88. The zero-order chi connectivity index (χ0) is 17.9. The molecule has 26 heavy (non-hydrogen) atoms. The maximum Gasteiger partial charge on any atom is 0.303 e. The summed E-state index contributed by atoms with van der Waals surface area (Å²) >= 11 is 0. The molecule has 3 aromatic rings. The lowest BCUT2D eigenvalue weighted by molar-refractivity contribution is -0.137. The molecule has 0 spiro atoms. The number of carbonyl (C=O) groups excluding carboxylic acids is 1. The number of benzene rings is 2. The first-order chi connectivity index (χ1) is 12.6. The van der Waals surface area contributed by atoms with E-state index in [1.54, 1.807) is 0 Å². The summed E-state index contributed by atoms with van der Waals surface area (Å²) in [7, 11) is 0. The molecular weight excluding hydrogens is 330 g/mol. The lowest BCUT2D eigenvalue weighted by Crippen LogP contribution is -2.51. The van der Waals surface area contributed by atoms with Gasteiger partial charge in [-0.2, -0.15) is 0 Å². The second-order valence-electron chi connectivity index (χ2n) is 6.88. The fourth-order valence-electron chi connectivity index (χ4n) is 4.47. The van der Waals surface area contributed by atoms with E-state index in [2.05, 4.69) is 4.57 Å². The number of para-hydroxylation sites is 3. The summed E-state index contributed by atoms with van der Waals surface area (Å²) in [6.07, 6.45) is 1.34. The minimum absolute atomic E-state index is 0.00209. The molecule has 130 valence electrons. The van der Waals surface area contributed by atoms with Crippen LogP contribution in [0.3, 0.4) is 0 Å². The van der Waals surface area contributed by atoms with Crippen LogP contribution in [0.1, 0.15) is 25.7 Å². The van der Waals surface area contributed by atoms with Crippen LogP contribution in [-0.2, 0) is 15.3 Å². The van der Waals surface area contributed by atoms with E-state index in [1.807, 2.05) is 53.4 Å². The number of hydrogen-bond donors (Lipinski definition) is 1. The number of aliphatic carboxylic acids is 1. The third-order valence-corrected chi connectivity index (χ3v) is 5.51. The molecule has 1 fully saturated rings. The van der Waals surface area contributed by atoms with Crippen molar-refractivity contribution in [1.82, 2.24) is 9.55 Å². The quantitative estimate of drug-likeness (QED) is 0.788. The zero-order valence-corrected chi connectivity index (χ0v) is 14.1. The lowest BCUT2D eigenvalue weighted by Gasteiger charge is -2.44. The number of hydrogen-bond acceptors (Lipinski definition) is 3. The van der Waals surface area contributed by atoms with Gasteiger partial charge in [0.2, 0.25) is 5.91 Å². The van der Waals surface area contributed by atoms with Crippen LogP contribution < -0.4 is 4.90 Å². The molecule has 1 unspecified atom stereocenters. The van der Waals surface area contributed by atoms with Gasteiger partial charge in [-0.25, -0.2) is 4.98 Å². The Balaban J connectivity index is 1.87. The summed E-state index contributed by atoms with van der Waals surface area (Å²) < 4.78 is 2.10. The number of fused-ring (bicyclic) bond motifs is 8. The van der Waals surface area contributed by atoms with Crippen molar-refractivity contribution in [3.8, 4) is 11.4 Å². The Morgan fingerprint density at radius 3 is 2.77 bits per heavy atom. The van der Waals surface area contributed by atoms with Gasteiger partial charge >= 0.3 is 5.97 Å². The summed E-state index contributed by atoms with van der Waals surface area (Å²) in [6.45, 7) is 0. The molecule has 0 bridgehead atoms. The maximum atomic E-state index is 12.8. The van der Waals surface area contributed by atoms with Crippen molar-refractivity contribution in [3.63, 3.8) is 0 Å². The number of rotatable bonds is 3. The minimum Gasteiger partial charge on any atom is -0.481 e. The molecule has 0 aliphatic carbocycles. The SMILES string of the molecule is O=C(O)CCC12CCC(=O)N1c1ccccc1-c1nc3ccccc3n12. The molecule has 1 saturated heterocycles. The van der Waals surface area contributed by atoms with Gasteiger partial charge in [-0.05, 0) is 30.7 Å². The normalized spacial score (nSPS) is 20.8. The van der Waals surface area contributed by atoms with Gasteiger partial charge in [-0.1, -0.05) is 24.3 Å². The van der Waals surface area contributed by atoms with Crippen molar-refractivity contribution in [2.45, 2.75) is 31.3 Å². The highest BCUT2D eigenvalue weighted by Crippen LogP contribution is 2.52. The molecule has 6 heteroatoms. The molecule has 1 amide bonds. The summed E-state index contributed by atoms with van der Waals surface area (Å²) in [4.78, 5) is 30.8. The van der Waals surface area contributed by atoms with Gasteiger partial charge in [-0.15, -0.1) is 0 Å². The number of aromatic nitrogens is 2. The number of imidazole rings is 1. The number of amides is 1. The van der Waals surface area contributed by atoms with Gasteiger partial charge in [0.25, 0.3) is 0 Å². The molecule has 3 heterocycles. The third kappa shape index (κ3) is 1.84. The predicted octanol–water partition coefficient (Wildman–Crippen LogP) is 3.36. The van der Waals surface area contributed by atoms with Gasteiger partial charge in [0.15, 0.2) is 0 Å². The Hall–Kier alpha value is -3.15. The van der Waals surface area contributed by atoms with E-state index in [1.165, 1.54) is 0 Å². The first-order valence-corrected chi connectivity index (χ1v) is 8.74. The monoisotopic (exact) mass is 347 g/mol. The molecule has 2 aliphatic heterocycles. The van der Waals surface area contributed by atoms with E-state index in [4.69, 9.17) is 4.98 Å². The minimum atomic E-state index is -0.858. The summed E-state index contributed by atoms with van der Waals surface area (Å²) in [5.74, 6) is -0.0205. The van der Waals surface area contributed by atoms with Crippen molar-refractivity contribution < 1.29 is 14.7 Å². The van der Waals surface area contributed by atoms with E-state index in [0.717, 1.165) is 28.1 Å². The molecule has 1 atom stereocenters. The molecule has 2 aliphatic rings. The summed E-state index contributed by atoms with van der Waals surface area (Å²) in [5, 5.41) is 9.31. The number of anilines is 1. The zero-order valence-electron chi connectivity index (χ0n) is 14.1. The Kier molecular flexibility index (Phi) is 3.01. The molecule has 1 aromatic heterocycles. The summed E-state index contributed by atoms with van der Waals surface area (Å²) in [6, 6.07) is 15.6. The number of carbonyl (C=O) groups is 2. The van der Waals surface area contributed by atoms with Crippen LogP contribution >= 0.6 is 0 Å². The highest BCUT2D eigenvalue weighted by atomic mass is 16.4. The second kappa shape index (κ2) is 5.17. The Morgan fingerprint density at radius 1 is 1.15 bits per heavy atom. The standard InChI is InChI=1S/C20H17N3O3/c24-17-9-11-20(12-10-18(25)26)22(17)15-7-3-1-5-13(15)19-21-14-6-2-4-8-16(14)23(19)20/h1-8H,9-12H2,(H,25,26). The van der Waals surface area contributed by atoms with E-state index >= 15 is 0 Å². The predicted molar refractivity (Wildman–Crippen MR) is 96.7 cm³/mol. The van der Waals surface area contributed by atoms with Gasteiger partial charge in [0.05, 0.1) is 16.7 Å². The average molecular weight is 347 g/mol. The van der Waals surface area contributed by atoms with Crippen LogP contribution in [0.15, 0.2) is 48.5 Å². The molecule has 0 saturated carbocycles. The van der Waals surface area contributed by atoms with Crippen LogP contribution in [0.25, 0.3) is 22.4 Å². The molecule has 2 aromatic carbocycles. The highest BCUT2D eigenvalue weighted by Gasteiger charge is 2.52. The average Bonchev–Trinajstić information content (AvgIpc) is 3.20. The van der Waals surface area contributed by atoms with Gasteiger partial charge in [0, 0.05) is 24.8 Å². The van der Waals surface area contributed by atoms with Crippen molar-refractivity contribution in [2.24, 2.45) is 0 Å². The number of nitrogens with zero attached hydrogens (tertiary/aromatic N) is 3. The van der Waals surface area contributed by atoms with Crippen molar-refractivity contribution >= 4 is 28.6 Å². The molecule has 1 N–H and O–H groups in total. The van der Waals surface area contributed by atoms with Crippen molar-refractivity contribution in [2.75, 3.05) is 4.90 Å². The van der Waals surface area contributed by atoms with Crippen LogP contribution in [-0.4, -0.2) is 26.5 Å². The van der Waals surface area contributed by atoms with Crippen LogP contribution in [0.4, 0.5) is 5.69 Å². The van der Waals surface area contributed by atoms with E-state index < -0.39 is 11.6 Å². The van der Waals surface area contributed by atoms with Gasteiger partial charge < -0.3 is 5.11 Å². The fraction of sp³-hybridized carbons (Fsp3) is 0.250. The number of carboxylic acid groups (broad SMARTS) is 1.